The zero-order valence-corrected chi connectivity index (χ0v) is 26.4. The van der Waals surface area contributed by atoms with Crippen LogP contribution in [0.5, 0.6) is 5.75 Å². The van der Waals surface area contributed by atoms with Gasteiger partial charge >= 0.3 is 0 Å². The number of nitrogens with zero attached hydrogens (tertiary/aromatic N) is 1. The van der Waals surface area contributed by atoms with Gasteiger partial charge in [-0.1, -0.05) is 66.8 Å². The normalized spacial score (nSPS) is 13.7. The molecule has 1 aliphatic rings. The lowest BCUT2D eigenvalue weighted by molar-refractivity contribution is 0.340. The van der Waals surface area contributed by atoms with Crippen molar-refractivity contribution >= 4 is 33.4 Å². The molecule has 0 bridgehead atoms. The quantitative estimate of drug-likeness (QED) is 0.147. The number of allylic oxidation sites excluding steroid dienone is 5. The second-order valence-electron chi connectivity index (χ2n) is 11.3. The predicted molar refractivity (Wildman–Crippen MR) is 189 cm³/mol. The molecule has 0 saturated carbocycles. The van der Waals surface area contributed by atoms with Crippen LogP contribution < -0.4 is 26.4 Å². The Morgan fingerprint density at radius 3 is 1.98 bits per heavy atom. The molecule has 0 spiro atoms. The first-order valence-electron chi connectivity index (χ1n) is 15.9. The minimum absolute atomic E-state index is 0.0989. The van der Waals surface area contributed by atoms with E-state index < -0.39 is 0 Å². The van der Waals surface area contributed by atoms with Gasteiger partial charge < -0.3 is 26.4 Å². The Kier molecular flexibility index (Phi) is 10.2. The minimum atomic E-state index is -0.0989. The third-order valence-corrected chi connectivity index (χ3v) is 8.62. The van der Waals surface area contributed by atoms with Crippen molar-refractivity contribution in [3.63, 3.8) is 0 Å². The van der Waals surface area contributed by atoms with E-state index in [4.69, 9.17) is 16.2 Å². The Balaban J connectivity index is 1.63. The van der Waals surface area contributed by atoms with E-state index in [0.29, 0.717) is 19.7 Å². The summed E-state index contributed by atoms with van der Waals surface area (Å²) in [5, 5.41) is 6.01. The van der Waals surface area contributed by atoms with Crippen LogP contribution in [-0.4, -0.2) is 32.8 Å². The summed E-state index contributed by atoms with van der Waals surface area (Å²) in [6, 6.07) is 30.3. The van der Waals surface area contributed by atoms with Crippen molar-refractivity contribution in [3.05, 3.63) is 126 Å². The van der Waals surface area contributed by atoms with Gasteiger partial charge in [-0.3, -0.25) is 0 Å². The van der Waals surface area contributed by atoms with Crippen LogP contribution in [0.1, 0.15) is 44.7 Å². The molecule has 1 aliphatic carbocycles. The molecule has 5 nitrogen and oxygen atoms in total. The van der Waals surface area contributed by atoms with Crippen LogP contribution in [0.3, 0.4) is 0 Å². The van der Waals surface area contributed by atoms with E-state index >= 15 is 0 Å². The molecule has 0 amide bonds. The second-order valence-corrected chi connectivity index (χ2v) is 11.3. The third-order valence-electron chi connectivity index (χ3n) is 8.62. The van der Waals surface area contributed by atoms with Crippen molar-refractivity contribution in [2.24, 2.45) is 16.9 Å². The Labute approximate surface area is 262 Å². The smallest absolute Gasteiger partial charge is 0.119 e. The third kappa shape index (κ3) is 6.75. The molecule has 5 rings (SSSR count). The van der Waals surface area contributed by atoms with Crippen molar-refractivity contribution in [3.8, 4) is 5.75 Å². The first kappa shape index (κ1) is 31.1. The summed E-state index contributed by atoms with van der Waals surface area (Å²) in [7, 11) is 0. The van der Waals surface area contributed by atoms with Crippen LogP contribution in [0.4, 0.5) is 17.1 Å². The SMILES string of the molecule is CCOc1ccc(Nc2ccc(C(=C3C=CC(CCN)(CCN)C=C3)c3ccc(N(CC)CC)cc3)c3ccccc23)cc1. The van der Waals surface area contributed by atoms with Crippen LogP contribution in [0.25, 0.3) is 16.3 Å². The van der Waals surface area contributed by atoms with Crippen molar-refractivity contribution in [2.75, 3.05) is 43.0 Å². The van der Waals surface area contributed by atoms with Gasteiger partial charge in [0.05, 0.1) is 6.61 Å². The van der Waals surface area contributed by atoms with Gasteiger partial charge in [0.1, 0.15) is 5.75 Å². The molecule has 0 aliphatic heterocycles. The minimum Gasteiger partial charge on any atom is -0.494 e. The van der Waals surface area contributed by atoms with Crippen LogP contribution in [0.2, 0.25) is 0 Å². The van der Waals surface area contributed by atoms with Crippen LogP contribution >= 0.6 is 0 Å². The lowest BCUT2D eigenvalue weighted by atomic mass is 9.76. The average Bonchev–Trinajstić information content (AvgIpc) is 3.05. The van der Waals surface area contributed by atoms with Crippen molar-refractivity contribution < 1.29 is 4.74 Å². The number of hydrogen-bond acceptors (Lipinski definition) is 5. The number of hydrogen-bond donors (Lipinski definition) is 3. The highest BCUT2D eigenvalue weighted by Crippen LogP contribution is 2.41. The Bertz CT molecular complexity index is 1610. The molecule has 5 heteroatoms. The van der Waals surface area contributed by atoms with E-state index in [9.17, 15) is 0 Å². The fourth-order valence-electron chi connectivity index (χ4n) is 6.27. The summed E-state index contributed by atoms with van der Waals surface area (Å²) in [6.07, 6.45) is 11.0. The summed E-state index contributed by atoms with van der Waals surface area (Å²) in [4.78, 5) is 2.38. The molecule has 0 aromatic heterocycles. The Hall–Kier alpha value is -4.32. The van der Waals surface area contributed by atoms with Crippen molar-refractivity contribution in [2.45, 2.75) is 33.6 Å². The summed E-state index contributed by atoms with van der Waals surface area (Å²) in [5.41, 5.74) is 20.1. The largest absolute Gasteiger partial charge is 0.494 e. The number of ether oxygens (including phenoxy) is 1. The van der Waals surface area contributed by atoms with Gasteiger partial charge in [-0.05, 0) is 117 Å². The topological polar surface area (TPSA) is 76.5 Å². The molecule has 0 unspecified atom stereocenters. The lowest BCUT2D eigenvalue weighted by Gasteiger charge is -2.30. The van der Waals surface area contributed by atoms with Gasteiger partial charge in [-0.2, -0.15) is 0 Å². The van der Waals surface area contributed by atoms with Gasteiger partial charge in [-0.15, -0.1) is 0 Å². The maximum atomic E-state index is 6.03. The zero-order valence-electron chi connectivity index (χ0n) is 26.4. The Morgan fingerprint density at radius 2 is 1.39 bits per heavy atom. The molecule has 4 aromatic carbocycles. The molecule has 0 atom stereocenters. The van der Waals surface area contributed by atoms with Gasteiger partial charge in [-0.25, -0.2) is 0 Å². The monoisotopic (exact) mass is 586 g/mol. The van der Waals surface area contributed by atoms with E-state index in [1.54, 1.807) is 0 Å². The standard InChI is InChI=1S/C39H46N4O/c1-4-43(5-2)32-15-11-29(12-16-32)38(30-21-23-39(24-22-30,25-27-40)26-28-41)36-19-20-37(35-10-8-7-9-34(35)36)42-31-13-17-33(18-14-31)44-6-3/h7-24,42H,4-6,25-28,40-41H2,1-3H3. The Morgan fingerprint density at radius 1 is 0.750 bits per heavy atom. The number of nitrogens with two attached hydrogens (primary N) is 2. The molecule has 0 radical (unpaired) electrons. The number of benzene rings is 4. The summed E-state index contributed by atoms with van der Waals surface area (Å²) >= 11 is 0. The van der Waals surface area contributed by atoms with E-state index in [-0.39, 0.29) is 5.41 Å². The predicted octanol–water partition coefficient (Wildman–Crippen LogP) is 8.44. The number of anilines is 3. The average molecular weight is 587 g/mol. The van der Waals surface area contributed by atoms with E-state index in [0.717, 1.165) is 43.1 Å². The van der Waals surface area contributed by atoms with Crippen LogP contribution in [0, 0.1) is 5.41 Å². The zero-order chi connectivity index (χ0) is 30.9. The van der Waals surface area contributed by atoms with Crippen molar-refractivity contribution in [1.29, 1.82) is 0 Å². The van der Waals surface area contributed by atoms with Gasteiger partial charge in [0, 0.05) is 41.0 Å². The highest BCUT2D eigenvalue weighted by Gasteiger charge is 2.26. The molecule has 4 aromatic rings. The van der Waals surface area contributed by atoms with Crippen molar-refractivity contribution in [1.82, 2.24) is 0 Å². The molecule has 0 heterocycles. The summed E-state index contributed by atoms with van der Waals surface area (Å²) in [5.74, 6) is 0.872. The van der Waals surface area contributed by atoms with Crippen LogP contribution in [0.15, 0.2) is 115 Å². The molecule has 0 saturated heterocycles. The molecule has 5 N–H and O–H groups in total. The summed E-state index contributed by atoms with van der Waals surface area (Å²) in [6.45, 7) is 10.3. The van der Waals surface area contributed by atoms with E-state index in [1.165, 1.54) is 38.7 Å². The summed E-state index contributed by atoms with van der Waals surface area (Å²) < 4.78 is 5.64. The van der Waals surface area contributed by atoms with Gasteiger partial charge in [0.25, 0.3) is 0 Å². The van der Waals surface area contributed by atoms with E-state index in [2.05, 4.69) is 121 Å². The fourth-order valence-corrected chi connectivity index (χ4v) is 6.27. The molecule has 44 heavy (non-hydrogen) atoms. The first-order chi connectivity index (χ1) is 21.5. The molecular formula is C39H46N4O. The lowest BCUT2D eigenvalue weighted by Crippen LogP contribution is -2.24. The second kappa shape index (κ2) is 14.4. The van der Waals surface area contributed by atoms with Gasteiger partial charge in [0.2, 0.25) is 0 Å². The molecule has 0 fully saturated rings. The highest BCUT2D eigenvalue weighted by atomic mass is 16.5. The van der Waals surface area contributed by atoms with E-state index in [1.807, 2.05) is 19.1 Å². The maximum Gasteiger partial charge on any atom is 0.119 e. The number of nitrogens with one attached hydrogen (secondary N) is 1. The molecule has 228 valence electrons. The maximum absolute atomic E-state index is 6.03. The first-order valence-corrected chi connectivity index (χ1v) is 15.9. The highest BCUT2D eigenvalue weighted by molar-refractivity contribution is 6.05. The van der Waals surface area contributed by atoms with Gasteiger partial charge in [0.15, 0.2) is 0 Å². The fraction of sp³-hybridized carbons (Fsp3) is 0.282. The van der Waals surface area contributed by atoms with Crippen LogP contribution in [-0.2, 0) is 0 Å². The number of fused-ring (bicyclic) bond motifs is 1. The number of rotatable bonds is 13. The molecular weight excluding hydrogens is 540 g/mol.